The van der Waals surface area contributed by atoms with Gasteiger partial charge >= 0.3 is 0 Å². The zero-order valence-corrected chi connectivity index (χ0v) is 22.5. The number of amides is 3. The summed E-state index contributed by atoms with van der Waals surface area (Å²) in [6.45, 7) is 9.27. The first-order chi connectivity index (χ1) is 18.4. The van der Waals surface area contributed by atoms with Crippen molar-refractivity contribution in [3.63, 3.8) is 0 Å². The fourth-order valence-corrected chi connectivity index (χ4v) is 4.96. The molecule has 38 heavy (non-hydrogen) atoms. The summed E-state index contributed by atoms with van der Waals surface area (Å²) in [6, 6.07) is 7.45. The van der Waals surface area contributed by atoms with Crippen molar-refractivity contribution in [2.75, 3.05) is 53.0 Å². The molecule has 1 aromatic heterocycles. The third-order valence-corrected chi connectivity index (χ3v) is 7.16. The zero-order valence-electron chi connectivity index (χ0n) is 22.5. The van der Waals surface area contributed by atoms with Crippen molar-refractivity contribution >= 4 is 17.7 Å². The van der Waals surface area contributed by atoms with Crippen molar-refractivity contribution in [2.45, 2.75) is 45.3 Å². The number of ether oxygens (including phenoxy) is 2. The van der Waals surface area contributed by atoms with Gasteiger partial charge in [0, 0.05) is 32.7 Å². The fourth-order valence-electron chi connectivity index (χ4n) is 4.96. The van der Waals surface area contributed by atoms with Gasteiger partial charge in [-0.1, -0.05) is 19.1 Å². The van der Waals surface area contributed by atoms with Gasteiger partial charge in [0.2, 0.25) is 5.91 Å². The number of carbonyl (C=O) groups is 3. The first-order valence-corrected chi connectivity index (χ1v) is 13.2. The van der Waals surface area contributed by atoms with Gasteiger partial charge in [-0.05, 0) is 44.0 Å². The van der Waals surface area contributed by atoms with E-state index in [-0.39, 0.29) is 35.7 Å². The van der Waals surface area contributed by atoms with E-state index in [1.807, 2.05) is 31.2 Å². The van der Waals surface area contributed by atoms with E-state index < -0.39 is 5.54 Å². The number of hydrogen-bond acceptors (Lipinski definition) is 7. The lowest BCUT2D eigenvalue weighted by Crippen LogP contribution is -2.64. The second-order valence-corrected chi connectivity index (χ2v) is 9.89. The molecule has 11 nitrogen and oxygen atoms in total. The average molecular weight is 527 g/mol. The molecule has 0 aliphatic carbocycles. The molecular formula is C27H38N6O5. The molecule has 0 unspecified atom stereocenters. The number of nitrogens with zero attached hydrogens (tertiary/aromatic N) is 4. The fraction of sp³-hybridized carbons (Fsp3) is 0.556. The van der Waals surface area contributed by atoms with Gasteiger partial charge in [-0.3, -0.25) is 19.3 Å². The minimum Gasteiger partial charge on any atom is -0.497 e. The first-order valence-electron chi connectivity index (χ1n) is 13.2. The topological polar surface area (TPSA) is 118 Å². The van der Waals surface area contributed by atoms with Crippen LogP contribution in [0, 0.1) is 0 Å². The van der Waals surface area contributed by atoms with Crippen molar-refractivity contribution in [3.8, 4) is 5.75 Å². The molecule has 0 bridgehead atoms. The van der Waals surface area contributed by atoms with Gasteiger partial charge in [0.25, 0.3) is 11.8 Å². The Kier molecular flexibility index (Phi) is 9.01. The molecule has 0 radical (unpaired) electrons. The van der Waals surface area contributed by atoms with E-state index in [2.05, 4.69) is 20.5 Å². The number of imidazole rings is 1. The molecule has 4 rings (SSSR count). The van der Waals surface area contributed by atoms with Gasteiger partial charge in [0.1, 0.15) is 17.0 Å². The lowest BCUT2D eigenvalue weighted by atomic mass is 9.94. The number of rotatable bonds is 11. The second-order valence-electron chi connectivity index (χ2n) is 9.89. The minimum atomic E-state index is -1.13. The molecule has 2 N–H and O–H groups in total. The van der Waals surface area contributed by atoms with E-state index in [0.29, 0.717) is 26.1 Å². The molecule has 1 atom stereocenters. The van der Waals surface area contributed by atoms with Crippen LogP contribution in [0.25, 0.3) is 0 Å². The van der Waals surface area contributed by atoms with Gasteiger partial charge in [0.05, 0.1) is 33.2 Å². The molecular weight excluding hydrogens is 488 g/mol. The number of aromatic nitrogens is 2. The molecule has 1 aromatic carbocycles. The van der Waals surface area contributed by atoms with Crippen LogP contribution in [0.3, 0.4) is 0 Å². The van der Waals surface area contributed by atoms with Gasteiger partial charge in [0.15, 0.2) is 5.69 Å². The Bertz CT molecular complexity index is 1130. The number of methoxy groups -OCH3 is 1. The molecule has 0 spiro atoms. The van der Waals surface area contributed by atoms with E-state index in [4.69, 9.17) is 9.47 Å². The first kappa shape index (κ1) is 27.6. The monoisotopic (exact) mass is 526 g/mol. The summed E-state index contributed by atoms with van der Waals surface area (Å²) in [4.78, 5) is 48.2. The normalized spacial score (nSPS) is 19.7. The molecule has 2 aliphatic heterocycles. The SMILES string of the molecule is CCCN1C(=O)c2c(C(=O)NCCCN3CCOCC3)ncn2C[C@]1(C)C(=O)NCc1ccc(OC)cc1. The summed E-state index contributed by atoms with van der Waals surface area (Å²) in [5.74, 6) is -0.263. The van der Waals surface area contributed by atoms with Crippen molar-refractivity contribution < 1.29 is 23.9 Å². The molecule has 3 amide bonds. The maximum Gasteiger partial charge on any atom is 0.273 e. The molecule has 1 fully saturated rings. The van der Waals surface area contributed by atoms with Crippen molar-refractivity contribution in [1.82, 2.24) is 30.0 Å². The van der Waals surface area contributed by atoms with Crippen molar-refractivity contribution in [1.29, 1.82) is 0 Å². The van der Waals surface area contributed by atoms with Gasteiger partial charge in [-0.15, -0.1) is 0 Å². The molecule has 2 aromatic rings. The smallest absolute Gasteiger partial charge is 0.273 e. The zero-order chi connectivity index (χ0) is 27.1. The van der Waals surface area contributed by atoms with Crippen LogP contribution >= 0.6 is 0 Å². The van der Waals surface area contributed by atoms with Crippen LogP contribution in [0.4, 0.5) is 0 Å². The van der Waals surface area contributed by atoms with E-state index in [1.54, 1.807) is 23.5 Å². The van der Waals surface area contributed by atoms with Crippen LogP contribution in [-0.4, -0.2) is 95.7 Å². The highest BCUT2D eigenvalue weighted by atomic mass is 16.5. The highest BCUT2D eigenvalue weighted by Crippen LogP contribution is 2.29. The number of carbonyl (C=O) groups excluding carboxylic acids is 3. The van der Waals surface area contributed by atoms with Crippen LogP contribution in [0.2, 0.25) is 0 Å². The van der Waals surface area contributed by atoms with E-state index >= 15 is 0 Å². The number of morpholine rings is 1. The standard InChI is InChI=1S/C27H38N6O5/c1-4-11-33-25(35)23-22(24(34)28-10-5-12-31-13-15-38-16-14-31)30-19-32(23)18-27(33,2)26(36)29-17-20-6-8-21(37-3)9-7-20/h6-9,19H,4-5,10-18H2,1-3H3,(H,28,34)(H,29,36)/t27-/m1/s1. The predicted octanol–water partition coefficient (Wildman–Crippen LogP) is 1.28. The van der Waals surface area contributed by atoms with E-state index in [9.17, 15) is 14.4 Å². The van der Waals surface area contributed by atoms with Gasteiger partial charge in [-0.2, -0.15) is 0 Å². The maximum absolute atomic E-state index is 13.7. The Morgan fingerprint density at radius 1 is 1.13 bits per heavy atom. The largest absolute Gasteiger partial charge is 0.497 e. The molecule has 1 saturated heterocycles. The van der Waals surface area contributed by atoms with Gasteiger partial charge in [-0.25, -0.2) is 4.98 Å². The average Bonchev–Trinajstić information content (AvgIpc) is 3.36. The Balaban J connectivity index is 1.42. The molecule has 3 heterocycles. The Labute approximate surface area is 223 Å². The second kappa shape index (κ2) is 12.4. The third-order valence-electron chi connectivity index (χ3n) is 7.16. The van der Waals surface area contributed by atoms with Crippen LogP contribution in [-0.2, 0) is 22.6 Å². The highest BCUT2D eigenvalue weighted by molar-refractivity contribution is 6.07. The lowest BCUT2D eigenvalue weighted by molar-refractivity contribution is -0.133. The summed E-state index contributed by atoms with van der Waals surface area (Å²) in [5, 5.41) is 5.88. The summed E-state index contributed by atoms with van der Waals surface area (Å²) in [6.07, 6.45) is 2.95. The van der Waals surface area contributed by atoms with E-state index in [1.165, 1.54) is 6.33 Å². The molecule has 11 heteroatoms. The summed E-state index contributed by atoms with van der Waals surface area (Å²) in [7, 11) is 1.60. The van der Waals surface area contributed by atoms with Crippen molar-refractivity contribution in [3.05, 3.63) is 47.5 Å². The Hall–Kier alpha value is -3.44. The Morgan fingerprint density at radius 3 is 2.55 bits per heavy atom. The number of nitrogens with one attached hydrogen (secondary N) is 2. The summed E-state index contributed by atoms with van der Waals surface area (Å²) in [5.41, 5.74) is 0.120. The number of hydrogen-bond donors (Lipinski definition) is 2. The van der Waals surface area contributed by atoms with E-state index in [0.717, 1.165) is 50.6 Å². The number of benzene rings is 1. The lowest BCUT2D eigenvalue weighted by Gasteiger charge is -2.43. The Morgan fingerprint density at radius 2 is 1.87 bits per heavy atom. The molecule has 0 saturated carbocycles. The van der Waals surface area contributed by atoms with Crippen LogP contribution in [0.5, 0.6) is 5.75 Å². The quantitative estimate of drug-likeness (QED) is 0.424. The predicted molar refractivity (Wildman–Crippen MR) is 141 cm³/mol. The minimum absolute atomic E-state index is 0.100. The molecule has 2 aliphatic rings. The highest BCUT2D eigenvalue weighted by Gasteiger charge is 2.48. The maximum atomic E-state index is 13.7. The van der Waals surface area contributed by atoms with Crippen LogP contribution in [0.15, 0.2) is 30.6 Å². The molecule has 206 valence electrons. The number of fused-ring (bicyclic) bond motifs is 1. The van der Waals surface area contributed by atoms with Crippen LogP contribution in [0.1, 0.15) is 53.2 Å². The summed E-state index contributed by atoms with van der Waals surface area (Å²) < 4.78 is 12.2. The third kappa shape index (κ3) is 5.99. The van der Waals surface area contributed by atoms with Gasteiger partial charge < -0.3 is 29.6 Å². The van der Waals surface area contributed by atoms with Crippen LogP contribution < -0.4 is 15.4 Å². The summed E-state index contributed by atoms with van der Waals surface area (Å²) >= 11 is 0. The van der Waals surface area contributed by atoms with Crippen molar-refractivity contribution in [2.24, 2.45) is 0 Å².